The third-order valence-corrected chi connectivity index (χ3v) is 7.35. The quantitative estimate of drug-likeness (QED) is 0.508. The molecular weight excluding hydrogens is 469 g/mol. The van der Waals surface area contributed by atoms with E-state index in [1.165, 1.54) is 22.9 Å². The van der Waals surface area contributed by atoms with Crippen LogP contribution in [0, 0.1) is 12.8 Å². The zero-order chi connectivity index (χ0) is 24.8. The molecule has 0 radical (unpaired) electrons. The summed E-state index contributed by atoms with van der Waals surface area (Å²) in [7, 11) is 0. The molecule has 34 heavy (non-hydrogen) atoms. The monoisotopic (exact) mass is 494 g/mol. The first kappa shape index (κ1) is 24.5. The van der Waals surface area contributed by atoms with Crippen molar-refractivity contribution < 1.29 is 27.9 Å². The van der Waals surface area contributed by atoms with Crippen LogP contribution in [-0.2, 0) is 16.6 Å². The van der Waals surface area contributed by atoms with Crippen molar-refractivity contribution in [2.24, 2.45) is 5.92 Å². The van der Waals surface area contributed by atoms with E-state index in [9.17, 15) is 27.9 Å². The Hall–Kier alpha value is -2.61. The maximum Gasteiger partial charge on any atom is 0.398 e. The van der Waals surface area contributed by atoms with Crippen LogP contribution < -0.4 is 0 Å². The first-order valence-electron chi connectivity index (χ1n) is 11.4. The van der Waals surface area contributed by atoms with Crippen LogP contribution in [-0.4, -0.2) is 32.9 Å². The number of hydrogen-bond donors (Lipinski definition) is 1. The standard InChI is InChI=1S/C25H26ClF3N2O3/c1-3-5-17-14(2)31(30-21(17)15-8-10-16(11-9-15)23(33)34)22(32)20-18(6-4-7-19(20)26)24(12-13-24)25(27,28)29/h4,6-8,16H,3,5,9-13H2,1-2H3,(H,33,34). The second-order valence-corrected chi connectivity index (χ2v) is 9.57. The molecule has 5 nitrogen and oxygen atoms in total. The number of hydrogen-bond acceptors (Lipinski definition) is 3. The topological polar surface area (TPSA) is 72.2 Å². The van der Waals surface area contributed by atoms with Gasteiger partial charge in [-0.05, 0) is 62.7 Å². The summed E-state index contributed by atoms with van der Waals surface area (Å²) in [6.45, 7) is 3.72. The molecule has 2 aliphatic carbocycles. The lowest BCUT2D eigenvalue weighted by Crippen LogP contribution is -2.31. The number of rotatable bonds is 6. The minimum absolute atomic E-state index is 0.0345. The van der Waals surface area contributed by atoms with E-state index >= 15 is 0 Å². The van der Waals surface area contributed by atoms with Gasteiger partial charge in [-0.25, -0.2) is 4.68 Å². The molecule has 0 saturated heterocycles. The maximum absolute atomic E-state index is 13.9. The zero-order valence-corrected chi connectivity index (χ0v) is 19.8. The Balaban J connectivity index is 1.80. The Kier molecular flexibility index (Phi) is 6.40. The molecule has 0 amide bonds. The number of carboxylic acid groups (broad SMARTS) is 1. The molecule has 2 aliphatic rings. The van der Waals surface area contributed by atoms with E-state index in [-0.39, 0.29) is 29.0 Å². The van der Waals surface area contributed by atoms with E-state index in [2.05, 4.69) is 5.10 Å². The van der Waals surface area contributed by atoms with Gasteiger partial charge in [0, 0.05) is 11.3 Å². The number of carbonyl (C=O) groups is 2. The van der Waals surface area contributed by atoms with E-state index in [1.54, 1.807) is 6.92 Å². The van der Waals surface area contributed by atoms with Gasteiger partial charge in [0.25, 0.3) is 5.91 Å². The molecule has 1 N–H and O–H groups in total. The molecule has 1 unspecified atom stereocenters. The van der Waals surface area contributed by atoms with Crippen LogP contribution in [0.5, 0.6) is 0 Å². The van der Waals surface area contributed by atoms with Gasteiger partial charge in [0.15, 0.2) is 0 Å². The highest BCUT2D eigenvalue weighted by atomic mass is 35.5. The third-order valence-electron chi connectivity index (χ3n) is 7.03. The summed E-state index contributed by atoms with van der Waals surface area (Å²) in [6.07, 6.45) is -0.0392. The summed E-state index contributed by atoms with van der Waals surface area (Å²) in [5.74, 6) is -1.98. The maximum atomic E-state index is 13.9. The lowest BCUT2D eigenvalue weighted by Gasteiger charge is -2.23. The van der Waals surface area contributed by atoms with Crippen molar-refractivity contribution in [3.8, 4) is 0 Å². The van der Waals surface area contributed by atoms with Crippen LogP contribution in [0.2, 0.25) is 5.02 Å². The van der Waals surface area contributed by atoms with Crippen LogP contribution in [0.1, 0.15) is 78.3 Å². The highest BCUT2D eigenvalue weighted by molar-refractivity contribution is 6.34. The predicted octanol–water partition coefficient (Wildman–Crippen LogP) is 6.35. The Labute approximate surface area is 200 Å². The molecule has 4 rings (SSSR count). The van der Waals surface area contributed by atoms with Gasteiger partial charge in [0.2, 0.25) is 0 Å². The Morgan fingerprint density at radius 3 is 2.53 bits per heavy atom. The fourth-order valence-corrected chi connectivity index (χ4v) is 5.15. The summed E-state index contributed by atoms with van der Waals surface area (Å²) < 4.78 is 42.9. The van der Waals surface area contributed by atoms with E-state index in [0.29, 0.717) is 37.1 Å². The Bertz CT molecular complexity index is 1180. The van der Waals surface area contributed by atoms with Crippen molar-refractivity contribution >= 4 is 29.1 Å². The number of nitrogens with zero attached hydrogens (tertiary/aromatic N) is 2. The smallest absolute Gasteiger partial charge is 0.398 e. The second kappa shape index (κ2) is 8.87. The molecule has 1 aromatic carbocycles. The number of carbonyl (C=O) groups excluding carboxylic acids is 1. The number of aliphatic carboxylic acids is 1. The zero-order valence-electron chi connectivity index (χ0n) is 19.0. The van der Waals surface area contributed by atoms with Gasteiger partial charge >= 0.3 is 12.1 Å². The van der Waals surface area contributed by atoms with Crippen LogP contribution in [0.3, 0.4) is 0 Å². The van der Waals surface area contributed by atoms with Crippen LogP contribution in [0.15, 0.2) is 24.3 Å². The van der Waals surface area contributed by atoms with Gasteiger partial charge in [0.05, 0.1) is 27.6 Å². The van der Waals surface area contributed by atoms with Gasteiger partial charge in [-0.3, -0.25) is 9.59 Å². The van der Waals surface area contributed by atoms with E-state index in [0.717, 1.165) is 17.6 Å². The highest BCUT2D eigenvalue weighted by Crippen LogP contribution is 2.60. The van der Waals surface area contributed by atoms with E-state index < -0.39 is 29.4 Å². The normalized spacial score (nSPS) is 19.6. The number of benzene rings is 1. The van der Waals surface area contributed by atoms with Gasteiger partial charge < -0.3 is 5.11 Å². The summed E-state index contributed by atoms with van der Waals surface area (Å²) in [5.41, 5.74) is 0.560. The third kappa shape index (κ3) is 4.06. The first-order chi connectivity index (χ1) is 16.0. The SMILES string of the molecule is CCCc1c(C2=CCC(C(=O)O)CC2)nn(C(=O)c2c(Cl)cccc2C2(C(F)(F)F)CC2)c1C. The average Bonchev–Trinajstić information content (AvgIpc) is 3.54. The molecule has 1 aromatic heterocycles. The molecule has 2 aromatic rings. The van der Waals surface area contributed by atoms with Gasteiger partial charge in [-0.1, -0.05) is 43.2 Å². The Morgan fingerprint density at radius 2 is 2.00 bits per heavy atom. The molecule has 1 atom stereocenters. The fourth-order valence-electron chi connectivity index (χ4n) is 4.89. The largest absolute Gasteiger partial charge is 0.481 e. The molecule has 182 valence electrons. The molecule has 9 heteroatoms. The number of alkyl halides is 3. The minimum Gasteiger partial charge on any atom is -0.481 e. The summed E-state index contributed by atoms with van der Waals surface area (Å²) >= 11 is 6.32. The fraction of sp³-hybridized carbons (Fsp3) is 0.480. The molecule has 1 fully saturated rings. The van der Waals surface area contributed by atoms with Crippen molar-refractivity contribution in [3.05, 3.63) is 57.4 Å². The molecule has 0 aliphatic heterocycles. The number of allylic oxidation sites excluding steroid dienone is 2. The van der Waals surface area contributed by atoms with Gasteiger partial charge in [-0.2, -0.15) is 18.3 Å². The molecule has 0 bridgehead atoms. The minimum atomic E-state index is -4.49. The summed E-state index contributed by atoms with van der Waals surface area (Å²) in [5, 5.41) is 13.8. The summed E-state index contributed by atoms with van der Waals surface area (Å²) in [4.78, 5) is 25.0. The molecular formula is C25H26ClF3N2O3. The van der Waals surface area contributed by atoms with Crippen LogP contribution in [0.4, 0.5) is 13.2 Å². The van der Waals surface area contributed by atoms with Gasteiger partial charge in [0.1, 0.15) is 0 Å². The summed E-state index contributed by atoms with van der Waals surface area (Å²) in [6, 6.07) is 4.20. The highest BCUT2D eigenvalue weighted by Gasteiger charge is 2.65. The van der Waals surface area contributed by atoms with Crippen LogP contribution >= 0.6 is 11.6 Å². The first-order valence-corrected chi connectivity index (χ1v) is 11.8. The van der Waals surface area contributed by atoms with Crippen molar-refractivity contribution in [1.82, 2.24) is 9.78 Å². The number of halogens is 4. The van der Waals surface area contributed by atoms with Crippen LogP contribution in [0.25, 0.3) is 5.57 Å². The number of carboxylic acids is 1. The Morgan fingerprint density at radius 1 is 1.29 bits per heavy atom. The predicted molar refractivity (Wildman–Crippen MR) is 122 cm³/mol. The average molecular weight is 495 g/mol. The molecule has 1 saturated carbocycles. The molecule has 1 heterocycles. The number of aromatic nitrogens is 2. The van der Waals surface area contributed by atoms with Crippen molar-refractivity contribution in [1.29, 1.82) is 0 Å². The lowest BCUT2D eigenvalue weighted by atomic mass is 9.87. The lowest BCUT2D eigenvalue weighted by molar-refractivity contribution is -0.160. The van der Waals surface area contributed by atoms with Crippen molar-refractivity contribution in [2.45, 2.75) is 70.4 Å². The van der Waals surface area contributed by atoms with Gasteiger partial charge in [-0.15, -0.1) is 0 Å². The van der Waals surface area contributed by atoms with Crippen molar-refractivity contribution in [3.63, 3.8) is 0 Å². The van der Waals surface area contributed by atoms with E-state index in [4.69, 9.17) is 11.6 Å². The van der Waals surface area contributed by atoms with E-state index in [1.807, 2.05) is 13.0 Å². The van der Waals surface area contributed by atoms with Crippen molar-refractivity contribution in [2.75, 3.05) is 0 Å². The molecule has 0 spiro atoms. The second-order valence-electron chi connectivity index (χ2n) is 9.16.